The Balaban J connectivity index is 0.960. The number of furan rings is 1. The largest absolute Gasteiger partial charge is 0.456 e. The van der Waals surface area contributed by atoms with Crippen LogP contribution in [0.1, 0.15) is 74.6 Å². The molecule has 2 aliphatic rings. The summed E-state index contributed by atoms with van der Waals surface area (Å²) in [6.45, 7) is 12.4. The molecule has 0 spiro atoms. The molecule has 0 atom stereocenters. The van der Waals surface area contributed by atoms with Crippen LogP contribution in [0, 0.1) is 0 Å². The summed E-state index contributed by atoms with van der Waals surface area (Å²) in [4.78, 5) is 4.71. The Morgan fingerprint density at radius 3 is 1.18 bits per heavy atom. The van der Waals surface area contributed by atoms with E-state index in [1.54, 1.807) is 9.13 Å². The Morgan fingerprint density at radius 2 is 0.684 bits per heavy atom. The lowest BCUT2D eigenvalue weighted by molar-refractivity contribution is 0.590. The highest BCUT2D eigenvalue weighted by atomic mass is 16.3. The van der Waals surface area contributed by atoms with Gasteiger partial charge < -0.3 is 27.9 Å². The Bertz CT molecular complexity index is 8480. The monoisotopic (exact) mass is 1510 g/mol. The number of anilines is 6. The Morgan fingerprint density at radius 1 is 0.274 bits per heavy atom. The Hall–Kier alpha value is -14.4. The van der Waals surface area contributed by atoms with Gasteiger partial charge in [0.25, 0.3) is 6.71 Å². The van der Waals surface area contributed by atoms with Gasteiger partial charge in [0.2, 0.25) is 0 Å². The fourth-order valence-electron chi connectivity index (χ4n) is 18.6. The van der Waals surface area contributed by atoms with E-state index in [-0.39, 0.29) is 49.3 Å². The van der Waals surface area contributed by atoms with Crippen molar-refractivity contribution in [3.63, 3.8) is 0 Å². The molecule has 0 saturated heterocycles. The van der Waals surface area contributed by atoms with Gasteiger partial charge in [-0.2, -0.15) is 0 Å². The second kappa shape index (κ2) is 26.1. The average Bonchev–Trinajstić information content (AvgIpc) is 1.24. The van der Waals surface area contributed by atoms with E-state index in [9.17, 15) is 21.9 Å². The highest BCUT2D eigenvalue weighted by molar-refractivity contribution is 7.00. The smallest absolute Gasteiger partial charge is 0.252 e. The molecule has 0 bridgehead atoms. The SMILES string of the molecule is [2H]c1c([2H])c([2H])c2c(c1[2H])c1c([2H])c([2H])c([2H])c([2H])c1n2-c1ccc2c(c1)N(c1c(-c3ccccc3)cc(C(C)(C)C)cc1-c1ccccc1)c1cc(-c3ccc4c(c3)c3ccccc3n4-c3ccccc3)cc3c1B2c1ccc(-n2c4c([2H])c([2H])c([2H])c([2H])c4c4c([2H])c([2H])c([2H])c([2H])c42)cc1N3c1c(-c2ccccc2)cc(C(C)(C)C)cc1-c1cccc2oc3ccccc3c12. The van der Waals surface area contributed by atoms with E-state index in [0.717, 1.165) is 116 Å². The number of fused-ring (bicyclic) bond motifs is 16. The van der Waals surface area contributed by atoms with Crippen LogP contribution in [-0.2, 0) is 10.8 Å². The highest BCUT2D eigenvalue weighted by Crippen LogP contribution is 2.57. The lowest BCUT2D eigenvalue weighted by Gasteiger charge is -2.46. The lowest BCUT2D eigenvalue weighted by Crippen LogP contribution is -2.61. The molecule has 0 unspecified atom stereocenters. The van der Waals surface area contributed by atoms with E-state index in [1.165, 1.54) is 0 Å². The number of para-hydroxylation sites is 7. The minimum absolute atomic E-state index is 0.0682. The first-order chi connectivity index (χ1) is 64.0. The number of nitrogens with zero attached hydrogens (tertiary/aromatic N) is 5. The maximum absolute atomic E-state index is 10.1. The molecule has 117 heavy (non-hydrogen) atoms. The van der Waals surface area contributed by atoms with Crippen LogP contribution in [0.3, 0.4) is 0 Å². The van der Waals surface area contributed by atoms with E-state index >= 15 is 0 Å². The van der Waals surface area contributed by atoms with Crippen LogP contribution >= 0.6 is 0 Å². The first-order valence-electron chi connectivity index (χ1n) is 47.6. The van der Waals surface area contributed by atoms with Crippen LogP contribution in [0.25, 0.3) is 160 Å². The molecule has 0 fully saturated rings. The first kappa shape index (κ1) is 53.6. The zero-order chi connectivity index (χ0) is 92.0. The van der Waals surface area contributed by atoms with Crippen LogP contribution in [0.15, 0.2) is 380 Å². The summed E-state index contributed by atoms with van der Waals surface area (Å²) in [5.74, 6) is 0. The molecule has 554 valence electrons. The standard InChI is InChI=1S/C110H80BN5O/c1-109(2,3)74-63-86(69-32-11-7-12-33-69)107(87(64-74)70-34-13-8-14-35-70)115-99-67-77(113-93-47-25-19-40-79(93)80-41-20-26-48-94(80)113)55-57-91(99)111-92-58-56-78(114-95-49-27-21-42-81(95)82-43-22-28-50-96(82)114)68-100(92)116(102-62-73(61-101(115)106(102)111)72-54-59-98-89(60-72)83-44-23-29-51-97(83)112(98)76-38-17-10-18-39-76)108-88(71-36-15-9-16-37-71)65-75(110(4,5)6)66-90(108)84-46-31-53-104-105(84)85-45-24-30-52-103(85)117-104/h7-68H,1-6H3/i19D,20D,21D,22D,25D,26D,27D,28D,40D,41D,42D,43D,47D,48D,49D,50D. The number of aromatic nitrogens is 3. The van der Waals surface area contributed by atoms with Crippen molar-refractivity contribution < 1.29 is 26.3 Å². The molecule has 4 aromatic heterocycles. The second-order valence-corrected chi connectivity index (χ2v) is 32.7. The van der Waals surface area contributed by atoms with Gasteiger partial charge in [0.1, 0.15) is 11.2 Å². The molecule has 21 aromatic rings. The normalized spacial score (nSPS) is 14.7. The van der Waals surface area contributed by atoms with E-state index in [1.807, 2.05) is 140 Å². The minimum atomic E-state index is -0.862. The van der Waals surface area contributed by atoms with Gasteiger partial charge in [0.15, 0.2) is 0 Å². The summed E-state index contributed by atoms with van der Waals surface area (Å²) < 4.78 is 167. The molecule has 0 N–H and O–H groups in total. The van der Waals surface area contributed by atoms with Gasteiger partial charge >= 0.3 is 0 Å². The predicted octanol–water partition coefficient (Wildman–Crippen LogP) is 27.9. The van der Waals surface area contributed by atoms with E-state index in [4.69, 9.17) is 4.42 Å². The van der Waals surface area contributed by atoms with E-state index in [0.29, 0.717) is 56.2 Å². The summed E-state index contributed by atoms with van der Waals surface area (Å²) in [5.41, 5.74) is 20.0. The molecule has 6 nitrogen and oxygen atoms in total. The maximum atomic E-state index is 10.1. The summed E-state index contributed by atoms with van der Waals surface area (Å²) in [5, 5.41) is 3.34. The molecular formula is C110H80BN5O. The molecule has 17 aromatic carbocycles. The third kappa shape index (κ3) is 10.6. The van der Waals surface area contributed by atoms with Gasteiger partial charge in [0, 0.05) is 105 Å². The third-order valence-electron chi connectivity index (χ3n) is 24.0. The lowest BCUT2D eigenvalue weighted by atomic mass is 9.33. The summed E-state index contributed by atoms with van der Waals surface area (Å²) in [6, 6.07) is 87.6. The second-order valence-electron chi connectivity index (χ2n) is 32.7. The zero-order valence-corrected chi connectivity index (χ0v) is 64.8. The summed E-state index contributed by atoms with van der Waals surface area (Å²) in [6.07, 6.45) is 0. The number of benzene rings is 17. The number of hydrogen-bond donors (Lipinski definition) is 0. The van der Waals surface area contributed by atoms with Gasteiger partial charge in [0.05, 0.1) is 66.4 Å². The fraction of sp³-hybridized carbons (Fsp3) is 0.0727. The third-order valence-corrected chi connectivity index (χ3v) is 24.0. The molecule has 0 amide bonds. The summed E-state index contributed by atoms with van der Waals surface area (Å²) >= 11 is 0. The fourth-order valence-corrected chi connectivity index (χ4v) is 18.6. The van der Waals surface area contributed by atoms with Crippen LogP contribution in [-0.4, -0.2) is 20.4 Å². The van der Waals surface area contributed by atoms with Crippen LogP contribution < -0.4 is 26.2 Å². The molecule has 0 aliphatic carbocycles. The van der Waals surface area contributed by atoms with Crippen LogP contribution in [0.5, 0.6) is 0 Å². The van der Waals surface area contributed by atoms with Crippen molar-refractivity contribution in [1.29, 1.82) is 0 Å². The van der Waals surface area contributed by atoms with Crippen molar-refractivity contribution in [2.75, 3.05) is 9.80 Å². The number of rotatable bonds is 10. The molecular weight excluding hydrogens is 1420 g/mol. The zero-order valence-electron chi connectivity index (χ0n) is 80.8. The van der Waals surface area contributed by atoms with Gasteiger partial charge in [-0.05, 0) is 199 Å². The van der Waals surface area contributed by atoms with Crippen molar-refractivity contribution >= 4 is 145 Å². The molecule has 23 rings (SSSR count). The average molecular weight is 1510 g/mol. The predicted molar refractivity (Wildman–Crippen MR) is 495 cm³/mol. The van der Waals surface area contributed by atoms with Crippen LogP contribution in [0.4, 0.5) is 34.1 Å². The van der Waals surface area contributed by atoms with E-state index < -0.39 is 114 Å². The van der Waals surface area contributed by atoms with Gasteiger partial charge in [-0.3, -0.25) is 0 Å². The molecule has 6 heterocycles. The molecule has 2 aliphatic heterocycles. The molecule has 0 saturated carbocycles. The first-order valence-corrected chi connectivity index (χ1v) is 39.6. The van der Waals surface area contributed by atoms with Crippen molar-refractivity contribution in [2.45, 2.75) is 52.4 Å². The van der Waals surface area contributed by atoms with Gasteiger partial charge in [-0.25, -0.2) is 0 Å². The quantitative estimate of drug-likeness (QED) is 0.128. The Kier molecular flexibility index (Phi) is 11.9. The molecule has 0 radical (unpaired) electrons. The van der Waals surface area contributed by atoms with Crippen molar-refractivity contribution in [2.24, 2.45) is 0 Å². The van der Waals surface area contributed by atoms with E-state index in [2.05, 4.69) is 195 Å². The topological polar surface area (TPSA) is 34.4 Å². The van der Waals surface area contributed by atoms with Crippen molar-refractivity contribution in [1.82, 2.24) is 13.7 Å². The highest BCUT2D eigenvalue weighted by Gasteiger charge is 2.47. The van der Waals surface area contributed by atoms with Crippen molar-refractivity contribution in [3.8, 4) is 72.7 Å². The molecule has 7 heteroatoms. The summed E-state index contributed by atoms with van der Waals surface area (Å²) in [7, 11) is 0. The van der Waals surface area contributed by atoms with Crippen molar-refractivity contribution in [3.05, 3.63) is 387 Å². The van der Waals surface area contributed by atoms with Crippen LogP contribution in [0.2, 0.25) is 0 Å². The number of hydrogen-bond acceptors (Lipinski definition) is 3. The van der Waals surface area contributed by atoms with Gasteiger partial charge in [-0.1, -0.05) is 290 Å². The maximum Gasteiger partial charge on any atom is 0.252 e. The van der Waals surface area contributed by atoms with Gasteiger partial charge in [-0.15, -0.1) is 0 Å². The Labute approximate surface area is 702 Å². The minimum Gasteiger partial charge on any atom is -0.456 e.